The molecule has 0 bridgehead atoms. The van der Waals surface area contributed by atoms with Gasteiger partial charge in [0.1, 0.15) is 0 Å². The summed E-state index contributed by atoms with van der Waals surface area (Å²) >= 11 is 0. The predicted molar refractivity (Wildman–Crippen MR) is 75.4 cm³/mol. The Balaban J connectivity index is 2.39. The summed E-state index contributed by atoms with van der Waals surface area (Å²) in [6.07, 6.45) is 0.00691. The number of amides is 1. The Morgan fingerprint density at radius 2 is 1.86 bits per heavy atom. The van der Waals surface area contributed by atoms with Gasteiger partial charge >= 0.3 is 11.9 Å². The number of hydrogen-bond donors (Lipinski definition) is 1. The number of aliphatic carboxylic acids is 1. The van der Waals surface area contributed by atoms with Crippen LogP contribution >= 0.6 is 0 Å². The van der Waals surface area contributed by atoms with E-state index in [0.717, 1.165) is 11.1 Å². The molecule has 1 aliphatic heterocycles. The summed E-state index contributed by atoms with van der Waals surface area (Å²) in [7, 11) is 1.31. The van der Waals surface area contributed by atoms with Crippen molar-refractivity contribution < 1.29 is 24.2 Å². The maximum absolute atomic E-state index is 12.0. The molecule has 0 aliphatic carbocycles. The SMILES string of the molecule is COC(=O)c1cc(C)c(N2CC(C(=O)O)CC2=O)c(C)c1. The molecular weight excluding hydrogens is 274 g/mol. The third-order valence-corrected chi connectivity index (χ3v) is 3.66. The minimum Gasteiger partial charge on any atom is -0.481 e. The number of nitrogens with zero attached hydrogens (tertiary/aromatic N) is 1. The van der Waals surface area contributed by atoms with Crippen molar-refractivity contribution in [2.75, 3.05) is 18.6 Å². The fourth-order valence-electron chi connectivity index (χ4n) is 2.71. The van der Waals surface area contributed by atoms with Gasteiger partial charge in [-0.3, -0.25) is 9.59 Å². The topological polar surface area (TPSA) is 83.9 Å². The molecule has 0 radical (unpaired) electrons. The van der Waals surface area contributed by atoms with Crippen molar-refractivity contribution in [1.82, 2.24) is 0 Å². The van der Waals surface area contributed by atoms with Gasteiger partial charge in [-0.25, -0.2) is 4.79 Å². The summed E-state index contributed by atoms with van der Waals surface area (Å²) in [6, 6.07) is 3.30. The largest absolute Gasteiger partial charge is 0.481 e. The van der Waals surface area contributed by atoms with Gasteiger partial charge in [0.05, 0.1) is 18.6 Å². The highest BCUT2D eigenvalue weighted by Crippen LogP contribution is 2.32. The summed E-state index contributed by atoms with van der Waals surface area (Å²) < 4.78 is 4.68. The van der Waals surface area contributed by atoms with Crippen molar-refractivity contribution in [1.29, 1.82) is 0 Å². The summed E-state index contributed by atoms with van der Waals surface area (Å²) in [6.45, 7) is 3.74. The Kier molecular flexibility index (Phi) is 3.97. The molecule has 0 saturated carbocycles. The number of aryl methyl sites for hydroxylation is 2. The van der Waals surface area contributed by atoms with E-state index in [9.17, 15) is 14.4 Å². The van der Waals surface area contributed by atoms with Crippen molar-refractivity contribution >= 4 is 23.5 Å². The van der Waals surface area contributed by atoms with Gasteiger partial charge < -0.3 is 14.7 Å². The lowest BCUT2D eigenvalue weighted by molar-refractivity contribution is -0.141. The van der Waals surface area contributed by atoms with E-state index in [1.807, 2.05) is 0 Å². The van der Waals surface area contributed by atoms with Crippen LogP contribution in [0.1, 0.15) is 27.9 Å². The zero-order valence-corrected chi connectivity index (χ0v) is 12.2. The van der Waals surface area contributed by atoms with E-state index in [1.165, 1.54) is 12.0 Å². The smallest absolute Gasteiger partial charge is 0.337 e. The number of anilines is 1. The number of benzene rings is 1. The van der Waals surface area contributed by atoms with Gasteiger partial charge in [0.15, 0.2) is 0 Å². The quantitative estimate of drug-likeness (QED) is 0.854. The normalized spacial score (nSPS) is 18.0. The number of hydrogen-bond acceptors (Lipinski definition) is 4. The van der Waals surface area contributed by atoms with Crippen LogP contribution in [0.15, 0.2) is 12.1 Å². The highest BCUT2D eigenvalue weighted by Gasteiger charge is 2.36. The molecule has 6 heteroatoms. The van der Waals surface area contributed by atoms with Crippen LogP contribution in [0, 0.1) is 19.8 Å². The number of esters is 1. The number of rotatable bonds is 3. The van der Waals surface area contributed by atoms with Gasteiger partial charge in [-0.2, -0.15) is 0 Å². The highest BCUT2D eigenvalue weighted by atomic mass is 16.5. The number of carbonyl (C=O) groups excluding carboxylic acids is 2. The Morgan fingerprint density at radius 1 is 1.29 bits per heavy atom. The maximum atomic E-state index is 12.0. The maximum Gasteiger partial charge on any atom is 0.337 e. The lowest BCUT2D eigenvalue weighted by Gasteiger charge is -2.22. The molecule has 6 nitrogen and oxygen atoms in total. The number of methoxy groups -OCH3 is 1. The summed E-state index contributed by atoms with van der Waals surface area (Å²) in [5.41, 5.74) is 2.58. The molecule has 0 spiro atoms. The molecule has 1 N–H and O–H groups in total. The molecule has 112 valence electrons. The van der Waals surface area contributed by atoms with Crippen LogP contribution in [0.2, 0.25) is 0 Å². The molecule has 1 aliphatic rings. The first-order valence-corrected chi connectivity index (χ1v) is 6.58. The molecule has 1 aromatic carbocycles. The van der Waals surface area contributed by atoms with Crippen molar-refractivity contribution in [2.24, 2.45) is 5.92 Å². The molecule has 1 saturated heterocycles. The van der Waals surface area contributed by atoms with Crippen LogP contribution < -0.4 is 4.90 Å². The second kappa shape index (κ2) is 5.55. The standard InChI is InChI=1S/C15H17NO5/c1-8-4-10(15(20)21-3)5-9(2)13(8)16-7-11(14(18)19)6-12(16)17/h4-5,11H,6-7H2,1-3H3,(H,18,19). The minimum atomic E-state index is -0.965. The lowest BCUT2D eigenvalue weighted by atomic mass is 10.0. The molecule has 1 fully saturated rings. The molecule has 1 amide bonds. The van der Waals surface area contributed by atoms with Crippen LogP contribution in [0.4, 0.5) is 5.69 Å². The highest BCUT2D eigenvalue weighted by molar-refractivity contribution is 6.01. The first-order chi connectivity index (χ1) is 9.85. The van der Waals surface area contributed by atoms with Crippen molar-refractivity contribution in [3.05, 3.63) is 28.8 Å². The third kappa shape index (κ3) is 2.74. The van der Waals surface area contributed by atoms with Crippen molar-refractivity contribution in [2.45, 2.75) is 20.3 Å². The third-order valence-electron chi connectivity index (χ3n) is 3.66. The molecule has 1 aromatic rings. The van der Waals surface area contributed by atoms with Crippen LogP contribution in [0.25, 0.3) is 0 Å². The molecule has 1 heterocycles. The summed E-state index contributed by atoms with van der Waals surface area (Å²) in [5, 5.41) is 9.04. The zero-order valence-electron chi connectivity index (χ0n) is 12.2. The Labute approximate surface area is 122 Å². The molecular formula is C15H17NO5. The average molecular weight is 291 g/mol. The van der Waals surface area contributed by atoms with Crippen LogP contribution in [0.3, 0.4) is 0 Å². The first-order valence-electron chi connectivity index (χ1n) is 6.58. The number of carboxylic acid groups (broad SMARTS) is 1. The second-order valence-corrected chi connectivity index (χ2v) is 5.19. The van der Waals surface area contributed by atoms with Gasteiger partial charge in [-0.15, -0.1) is 0 Å². The molecule has 0 aromatic heterocycles. The molecule has 21 heavy (non-hydrogen) atoms. The van der Waals surface area contributed by atoms with E-state index in [-0.39, 0.29) is 18.9 Å². The second-order valence-electron chi connectivity index (χ2n) is 5.19. The fourth-order valence-corrected chi connectivity index (χ4v) is 2.71. The van der Waals surface area contributed by atoms with E-state index >= 15 is 0 Å². The van der Waals surface area contributed by atoms with E-state index in [4.69, 9.17) is 5.11 Å². The monoisotopic (exact) mass is 291 g/mol. The molecule has 1 unspecified atom stereocenters. The Hall–Kier alpha value is -2.37. The van der Waals surface area contributed by atoms with Crippen LogP contribution in [-0.4, -0.2) is 36.6 Å². The number of carboxylic acids is 1. The lowest BCUT2D eigenvalue weighted by Crippen LogP contribution is -2.27. The minimum absolute atomic E-state index is 0.00691. The molecule has 2 rings (SSSR count). The van der Waals surface area contributed by atoms with Crippen LogP contribution in [-0.2, 0) is 14.3 Å². The van der Waals surface area contributed by atoms with Crippen molar-refractivity contribution in [3.8, 4) is 0 Å². The average Bonchev–Trinajstić information content (AvgIpc) is 2.79. The van der Waals surface area contributed by atoms with Crippen molar-refractivity contribution in [3.63, 3.8) is 0 Å². The summed E-state index contributed by atoms with van der Waals surface area (Å²) in [5.74, 6) is -2.30. The first kappa shape index (κ1) is 15.0. The van der Waals surface area contributed by atoms with Gasteiger partial charge in [0.25, 0.3) is 0 Å². The number of ether oxygens (including phenoxy) is 1. The predicted octanol–water partition coefficient (Wildman–Crippen LogP) is 1.53. The fraction of sp³-hybridized carbons (Fsp3) is 0.400. The van der Waals surface area contributed by atoms with Gasteiger partial charge in [0, 0.05) is 18.7 Å². The van der Waals surface area contributed by atoms with E-state index in [1.54, 1.807) is 26.0 Å². The molecule has 1 atom stereocenters. The van der Waals surface area contributed by atoms with Gasteiger partial charge in [-0.1, -0.05) is 0 Å². The zero-order chi connectivity index (χ0) is 15.7. The van der Waals surface area contributed by atoms with E-state index < -0.39 is 17.9 Å². The van der Waals surface area contributed by atoms with E-state index in [2.05, 4.69) is 4.74 Å². The Morgan fingerprint density at radius 3 is 2.29 bits per heavy atom. The van der Waals surface area contributed by atoms with Gasteiger partial charge in [-0.05, 0) is 37.1 Å². The van der Waals surface area contributed by atoms with Crippen LogP contribution in [0.5, 0.6) is 0 Å². The van der Waals surface area contributed by atoms with Gasteiger partial charge in [0.2, 0.25) is 5.91 Å². The summed E-state index contributed by atoms with van der Waals surface area (Å²) in [4.78, 5) is 36.1. The Bertz CT molecular complexity index is 599. The number of carbonyl (C=O) groups is 3. The van der Waals surface area contributed by atoms with E-state index in [0.29, 0.717) is 11.3 Å².